The first-order valence-corrected chi connectivity index (χ1v) is 11.0. The summed E-state index contributed by atoms with van der Waals surface area (Å²) in [5, 5.41) is 13.0. The van der Waals surface area contributed by atoms with Crippen LogP contribution in [0, 0.1) is 11.8 Å². The fraction of sp³-hybridized carbons (Fsp3) is 0.542. The maximum absolute atomic E-state index is 12.8. The van der Waals surface area contributed by atoms with Crippen LogP contribution in [0.15, 0.2) is 36.2 Å². The van der Waals surface area contributed by atoms with Crippen LogP contribution in [-0.4, -0.2) is 49.2 Å². The number of ether oxygens (including phenoxy) is 3. The van der Waals surface area contributed by atoms with Gasteiger partial charge in [0.05, 0.1) is 13.7 Å². The number of aliphatic hydroxyl groups is 1. The number of unbranched alkanes of at least 4 members (excludes halogenated alkanes) is 1. The van der Waals surface area contributed by atoms with Gasteiger partial charge in [-0.05, 0) is 60.9 Å². The quantitative estimate of drug-likeness (QED) is 0.474. The van der Waals surface area contributed by atoms with Crippen molar-refractivity contribution in [1.29, 1.82) is 0 Å². The van der Waals surface area contributed by atoms with E-state index in [4.69, 9.17) is 19.3 Å². The first-order valence-electron chi connectivity index (χ1n) is 11.0. The fourth-order valence-corrected chi connectivity index (χ4v) is 3.73. The van der Waals surface area contributed by atoms with Gasteiger partial charge in [-0.15, -0.1) is 0 Å². The highest BCUT2D eigenvalue weighted by molar-refractivity contribution is 5.91. The maximum atomic E-state index is 12.8. The number of hydrogen-bond donors (Lipinski definition) is 3. The molecule has 0 bridgehead atoms. The third-order valence-electron chi connectivity index (χ3n) is 5.68. The minimum atomic E-state index is -0.432. The Kier molecular flexibility index (Phi) is 8.37. The monoisotopic (exact) mass is 430 g/mol. The Morgan fingerprint density at radius 2 is 2.19 bits per heavy atom. The molecule has 7 nitrogen and oxygen atoms in total. The zero-order chi connectivity index (χ0) is 22.2. The summed E-state index contributed by atoms with van der Waals surface area (Å²) >= 11 is 0. The molecule has 2 heterocycles. The zero-order valence-electron chi connectivity index (χ0n) is 18.6. The molecule has 0 aliphatic carbocycles. The van der Waals surface area contributed by atoms with Gasteiger partial charge in [0.1, 0.15) is 5.75 Å². The summed E-state index contributed by atoms with van der Waals surface area (Å²) in [6.07, 6.45) is 6.35. The van der Waals surface area contributed by atoms with E-state index in [0.29, 0.717) is 37.7 Å². The second kappa shape index (κ2) is 11.2. The van der Waals surface area contributed by atoms with Crippen molar-refractivity contribution < 1.29 is 24.1 Å². The second-order valence-electron chi connectivity index (χ2n) is 8.25. The van der Waals surface area contributed by atoms with Crippen LogP contribution in [0.25, 0.3) is 10.9 Å². The summed E-state index contributed by atoms with van der Waals surface area (Å²) < 4.78 is 17.0. The molecule has 0 radical (unpaired) electrons. The largest absolute Gasteiger partial charge is 0.497 e. The van der Waals surface area contributed by atoms with E-state index in [1.165, 1.54) is 0 Å². The molecule has 0 spiro atoms. The van der Waals surface area contributed by atoms with Crippen molar-refractivity contribution in [3.63, 3.8) is 0 Å². The molecule has 170 valence electrons. The Balaban J connectivity index is 1.57. The molecular weight excluding hydrogens is 396 g/mol. The number of fused-ring (bicyclic) bond motifs is 1. The van der Waals surface area contributed by atoms with E-state index in [1.54, 1.807) is 7.11 Å². The number of hydrogen-bond acceptors (Lipinski definition) is 5. The summed E-state index contributed by atoms with van der Waals surface area (Å²) in [4.78, 5) is 16.0. The van der Waals surface area contributed by atoms with Gasteiger partial charge >= 0.3 is 0 Å². The lowest BCUT2D eigenvalue weighted by Crippen LogP contribution is -2.35. The smallest absolute Gasteiger partial charge is 0.286 e. The predicted octanol–water partition coefficient (Wildman–Crippen LogP) is 3.53. The molecule has 1 aliphatic heterocycles. The van der Waals surface area contributed by atoms with Crippen LogP contribution < -0.4 is 10.1 Å². The van der Waals surface area contributed by atoms with Gasteiger partial charge in [0.15, 0.2) is 5.76 Å². The van der Waals surface area contributed by atoms with Crippen LogP contribution in [0.3, 0.4) is 0 Å². The second-order valence-corrected chi connectivity index (χ2v) is 8.25. The lowest BCUT2D eigenvalue weighted by Gasteiger charge is -2.30. The normalized spacial score (nSPS) is 18.7. The van der Waals surface area contributed by atoms with Crippen molar-refractivity contribution in [2.45, 2.75) is 45.8 Å². The summed E-state index contributed by atoms with van der Waals surface area (Å²) in [5.41, 5.74) is 2.17. The highest BCUT2D eigenvalue weighted by atomic mass is 16.7. The number of benzene rings is 1. The Morgan fingerprint density at radius 3 is 2.94 bits per heavy atom. The molecule has 1 aromatic carbocycles. The molecule has 0 saturated carbocycles. The number of aromatic amines is 1. The molecule has 1 amide bonds. The number of carbonyl (C=O) groups is 1. The summed E-state index contributed by atoms with van der Waals surface area (Å²) in [6, 6.07) is 5.91. The van der Waals surface area contributed by atoms with E-state index >= 15 is 0 Å². The number of methoxy groups -OCH3 is 1. The summed E-state index contributed by atoms with van der Waals surface area (Å²) in [5.74, 6) is 1.53. The zero-order valence-corrected chi connectivity index (χ0v) is 18.6. The van der Waals surface area contributed by atoms with Crippen LogP contribution in [-0.2, 0) is 20.7 Å². The highest BCUT2D eigenvalue weighted by Crippen LogP contribution is 2.29. The van der Waals surface area contributed by atoms with Gasteiger partial charge in [-0.25, -0.2) is 0 Å². The predicted molar refractivity (Wildman–Crippen MR) is 120 cm³/mol. The van der Waals surface area contributed by atoms with Crippen LogP contribution in [0.2, 0.25) is 0 Å². The number of nitrogens with one attached hydrogen (secondary N) is 2. The van der Waals surface area contributed by atoms with Crippen molar-refractivity contribution in [3.8, 4) is 5.75 Å². The number of aliphatic hydroxyl groups excluding tert-OH is 1. The van der Waals surface area contributed by atoms with E-state index in [9.17, 15) is 4.79 Å². The molecular formula is C24H34N2O5. The van der Waals surface area contributed by atoms with Gasteiger partial charge in [-0.3, -0.25) is 4.79 Å². The van der Waals surface area contributed by atoms with Crippen molar-refractivity contribution in [2.75, 3.05) is 26.9 Å². The van der Waals surface area contributed by atoms with Crippen LogP contribution in [0.4, 0.5) is 0 Å². The molecule has 3 rings (SSSR count). The van der Waals surface area contributed by atoms with Gasteiger partial charge < -0.3 is 29.6 Å². The number of amides is 1. The van der Waals surface area contributed by atoms with Crippen LogP contribution >= 0.6 is 0 Å². The first kappa shape index (κ1) is 23.2. The minimum Gasteiger partial charge on any atom is -0.497 e. The molecule has 31 heavy (non-hydrogen) atoms. The van der Waals surface area contributed by atoms with Gasteiger partial charge in [-0.2, -0.15) is 0 Å². The third-order valence-corrected chi connectivity index (χ3v) is 5.68. The number of H-pyrrole nitrogens is 1. The van der Waals surface area contributed by atoms with E-state index in [2.05, 4.69) is 24.1 Å². The Labute approximate surface area is 183 Å². The fourth-order valence-electron chi connectivity index (χ4n) is 3.73. The standard InChI is InChI=1S/C24H34N2O5/c1-16(2)18-12-22(31-23(13-18)30-11-5-4-10-27)24(28)25-9-8-17-15-26-21-7-6-19(29-3)14-20(17)21/h6-7,12,14-16,18,23,26-27H,4-5,8-11,13H2,1-3H3,(H,25,28). The third kappa shape index (κ3) is 6.24. The van der Waals surface area contributed by atoms with Gasteiger partial charge in [0, 0.05) is 36.7 Å². The molecule has 1 aliphatic rings. The average Bonchev–Trinajstić information content (AvgIpc) is 3.18. The first-order chi connectivity index (χ1) is 15.0. The molecule has 1 aromatic heterocycles. The number of carbonyl (C=O) groups excluding carboxylic acids is 1. The van der Waals surface area contributed by atoms with Gasteiger partial charge in [0.2, 0.25) is 6.29 Å². The van der Waals surface area contributed by atoms with Gasteiger partial charge in [0.25, 0.3) is 5.91 Å². The van der Waals surface area contributed by atoms with Crippen molar-refractivity contribution in [1.82, 2.24) is 10.3 Å². The molecule has 7 heteroatoms. The molecule has 0 fully saturated rings. The number of allylic oxidation sites excluding steroid dienone is 1. The Morgan fingerprint density at radius 1 is 1.35 bits per heavy atom. The van der Waals surface area contributed by atoms with Crippen molar-refractivity contribution in [3.05, 3.63) is 41.8 Å². The van der Waals surface area contributed by atoms with E-state index in [0.717, 1.165) is 35.1 Å². The van der Waals surface area contributed by atoms with Crippen molar-refractivity contribution in [2.24, 2.45) is 11.8 Å². The highest BCUT2D eigenvalue weighted by Gasteiger charge is 2.29. The lowest BCUT2D eigenvalue weighted by atomic mass is 9.90. The van der Waals surface area contributed by atoms with E-state index in [1.807, 2.05) is 30.5 Å². The lowest BCUT2D eigenvalue weighted by molar-refractivity contribution is -0.150. The maximum Gasteiger partial charge on any atom is 0.286 e. The van der Waals surface area contributed by atoms with Crippen LogP contribution in [0.1, 0.15) is 38.7 Å². The molecule has 3 N–H and O–H groups in total. The number of aromatic nitrogens is 1. The summed E-state index contributed by atoms with van der Waals surface area (Å²) in [7, 11) is 1.65. The molecule has 2 unspecified atom stereocenters. The average molecular weight is 431 g/mol. The van der Waals surface area contributed by atoms with Crippen LogP contribution in [0.5, 0.6) is 5.75 Å². The van der Waals surface area contributed by atoms with E-state index < -0.39 is 6.29 Å². The van der Waals surface area contributed by atoms with Crippen molar-refractivity contribution >= 4 is 16.8 Å². The van der Waals surface area contributed by atoms with Gasteiger partial charge in [-0.1, -0.05) is 13.8 Å². The Hall–Kier alpha value is -2.51. The number of rotatable bonds is 11. The van der Waals surface area contributed by atoms with E-state index in [-0.39, 0.29) is 18.4 Å². The minimum absolute atomic E-state index is 0.153. The molecule has 0 saturated heterocycles. The topological polar surface area (TPSA) is 92.8 Å². The summed E-state index contributed by atoms with van der Waals surface area (Å²) in [6.45, 7) is 5.43. The SMILES string of the molecule is COc1ccc2[nH]cc(CCNC(=O)C3=CC(C(C)C)CC(OCCCCO)O3)c2c1. The molecule has 2 atom stereocenters. The Bertz CT molecular complexity index is 889. The molecule has 2 aromatic rings.